The van der Waals surface area contributed by atoms with Crippen LogP contribution in [0.15, 0.2) is 30.3 Å². The zero-order valence-electron chi connectivity index (χ0n) is 9.93. The van der Waals surface area contributed by atoms with Crippen LogP contribution in [0.2, 0.25) is 0 Å². The van der Waals surface area contributed by atoms with Crippen LogP contribution in [-0.2, 0) is 11.2 Å². The van der Waals surface area contributed by atoms with Crippen LogP contribution in [-0.4, -0.2) is 18.2 Å². The normalized spacial score (nSPS) is 26.9. The Balaban J connectivity index is 1.78. The molecule has 3 unspecified atom stereocenters. The Morgan fingerprint density at radius 3 is 2.69 bits per heavy atom. The highest BCUT2D eigenvalue weighted by Gasteiger charge is 2.26. The molecule has 16 heavy (non-hydrogen) atoms. The lowest BCUT2D eigenvalue weighted by molar-refractivity contribution is 0.0388. The van der Waals surface area contributed by atoms with Gasteiger partial charge in [-0.15, -0.1) is 0 Å². The van der Waals surface area contributed by atoms with Crippen molar-refractivity contribution in [3.63, 3.8) is 0 Å². The number of rotatable bonds is 4. The summed E-state index contributed by atoms with van der Waals surface area (Å²) in [5.41, 5.74) is 7.53. The van der Waals surface area contributed by atoms with Gasteiger partial charge in [-0.3, -0.25) is 0 Å². The molecule has 0 amide bonds. The molecule has 2 nitrogen and oxygen atoms in total. The second-order valence-electron chi connectivity index (χ2n) is 4.75. The van der Waals surface area contributed by atoms with Gasteiger partial charge in [0.25, 0.3) is 0 Å². The maximum absolute atomic E-state index is 6.16. The van der Waals surface area contributed by atoms with E-state index in [4.69, 9.17) is 10.5 Å². The van der Waals surface area contributed by atoms with Gasteiger partial charge >= 0.3 is 0 Å². The zero-order valence-corrected chi connectivity index (χ0v) is 9.93. The average molecular weight is 219 g/mol. The smallest absolute Gasteiger partial charge is 0.0730 e. The minimum Gasteiger partial charge on any atom is -0.374 e. The van der Waals surface area contributed by atoms with Crippen molar-refractivity contribution >= 4 is 0 Å². The number of nitrogens with two attached hydrogens (primary N) is 1. The largest absolute Gasteiger partial charge is 0.374 e. The molecule has 2 N–H and O–H groups in total. The number of hydrogen-bond donors (Lipinski definition) is 1. The summed E-state index contributed by atoms with van der Waals surface area (Å²) in [7, 11) is 0. The monoisotopic (exact) mass is 219 g/mol. The third kappa shape index (κ3) is 3.06. The maximum atomic E-state index is 6.16. The molecule has 0 aliphatic carbocycles. The highest BCUT2D eigenvalue weighted by molar-refractivity contribution is 5.14. The van der Waals surface area contributed by atoms with E-state index >= 15 is 0 Å². The third-order valence-electron chi connectivity index (χ3n) is 3.35. The molecular formula is C14H21NO. The van der Waals surface area contributed by atoms with E-state index in [-0.39, 0.29) is 12.1 Å². The lowest BCUT2D eigenvalue weighted by Crippen LogP contribution is -2.35. The summed E-state index contributed by atoms with van der Waals surface area (Å²) in [6.07, 6.45) is 5.02. The predicted octanol–water partition coefficient (Wildman–Crippen LogP) is 2.51. The van der Waals surface area contributed by atoms with Crippen LogP contribution < -0.4 is 5.73 Å². The fourth-order valence-corrected chi connectivity index (χ4v) is 2.31. The van der Waals surface area contributed by atoms with Crippen molar-refractivity contribution < 1.29 is 4.74 Å². The van der Waals surface area contributed by atoms with Gasteiger partial charge in [0.05, 0.1) is 12.2 Å². The van der Waals surface area contributed by atoms with Crippen molar-refractivity contribution in [3.05, 3.63) is 35.9 Å². The van der Waals surface area contributed by atoms with E-state index in [0.29, 0.717) is 6.10 Å². The molecule has 1 aromatic rings. The summed E-state index contributed by atoms with van der Waals surface area (Å²) in [5, 5.41) is 0. The highest BCUT2D eigenvalue weighted by Crippen LogP contribution is 2.22. The van der Waals surface area contributed by atoms with Crippen molar-refractivity contribution in [2.75, 3.05) is 0 Å². The molecule has 0 spiro atoms. The topological polar surface area (TPSA) is 35.2 Å². The van der Waals surface area contributed by atoms with E-state index < -0.39 is 0 Å². The van der Waals surface area contributed by atoms with Crippen molar-refractivity contribution in [1.82, 2.24) is 0 Å². The van der Waals surface area contributed by atoms with Gasteiger partial charge in [-0.2, -0.15) is 0 Å². The quantitative estimate of drug-likeness (QED) is 0.844. The van der Waals surface area contributed by atoms with Crippen molar-refractivity contribution in [2.45, 2.75) is 50.9 Å². The van der Waals surface area contributed by atoms with Crippen LogP contribution in [0.5, 0.6) is 0 Å². The molecule has 2 rings (SSSR count). The van der Waals surface area contributed by atoms with Crippen LogP contribution in [0.3, 0.4) is 0 Å². The van der Waals surface area contributed by atoms with E-state index in [1.807, 2.05) is 6.07 Å². The number of ether oxygens (including phenoxy) is 1. The van der Waals surface area contributed by atoms with Crippen LogP contribution in [0.4, 0.5) is 0 Å². The Hall–Kier alpha value is -0.860. The van der Waals surface area contributed by atoms with Crippen LogP contribution >= 0.6 is 0 Å². The SMILES string of the molecule is CC1CCC(C(N)CCc2ccccc2)O1. The van der Waals surface area contributed by atoms with E-state index in [2.05, 4.69) is 31.2 Å². The van der Waals surface area contributed by atoms with E-state index in [1.165, 1.54) is 5.56 Å². The fourth-order valence-electron chi connectivity index (χ4n) is 2.31. The maximum Gasteiger partial charge on any atom is 0.0730 e. The molecule has 0 radical (unpaired) electrons. The summed E-state index contributed by atoms with van der Waals surface area (Å²) in [6, 6.07) is 10.7. The molecule has 0 saturated carbocycles. The minimum absolute atomic E-state index is 0.185. The van der Waals surface area contributed by atoms with Gasteiger partial charge in [0.15, 0.2) is 0 Å². The Kier molecular flexibility index (Phi) is 3.97. The van der Waals surface area contributed by atoms with Crippen LogP contribution in [0.1, 0.15) is 31.7 Å². The lowest BCUT2D eigenvalue weighted by Gasteiger charge is -2.19. The van der Waals surface area contributed by atoms with Gasteiger partial charge < -0.3 is 10.5 Å². The van der Waals surface area contributed by atoms with Gasteiger partial charge in [0.1, 0.15) is 0 Å². The van der Waals surface area contributed by atoms with Crippen LogP contribution in [0.25, 0.3) is 0 Å². The molecule has 2 heteroatoms. The third-order valence-corrected chi connectivity index (χ3v) is 3.35. The summed E-state index contributed by atoms with van der Waals surface area (Å²) >= 11 is 0. The minimum atomic E-state index is 0.185. The molecule has 0 aromatic heterocycles. The fraction of sp³-hybridized carbons (Fsp3) is 0.571. The average Bonchev–Trinajstić information content (AvgIpc) is 2.74. The van der Waals surface area contributed by atoms with Gasteiger partial charge in [-0.05, 0) is 38.2 Å². The molecule has 3 atom stereocenters. The Morgan fingerprint density at radius 2 is 2.06 bits per heavy atom. The Morgan fingerprint density at radius 1 is 1.31 bits per heavy atom. The molecule has 1 heterocycles. The first kappa shape index (κ1) is 11.6. The first-order valence-electron chi connectivity index (χ1n) is 6.20. The van der Waals surface area contributed by atoms with Crippen molar-refractivity contribution in [1.29, 1.82) is 0 Å². The molecule has 1 saturated heterocycles. The second-order valence-corrected chi connectivity index (χ2v) is 4.75. The van der Waals surface area contributed by atoms with E-state index in [9.17, 15) is 0 Å². The molecule has 1 aliphatic heterocycles. The highest BCUT2D eigenvalue weighted by atomic mass is 16.5. The second kappa shape index (κ2) is 5.46. The number of hydrogen-bond acceptors (Lipinski definition) is 2. The van der Waals surface area contributed by atoms with Crippen LogP contribution in [0, 0.1) is 0 Å². The predicted molar refractivity (Wildman–Crippen MR) is 66.3 cm³/mol. The summed E-state index contributed by atoms with van der Waals surface area (Å²) in [5.74, 6) is 0. The molecular weight excluding hydrogens is 198 g/mol. The van der Waals surface area contributed by atoms with E-state index in [1.54, 1.807) is 0 Å². The van der Waals surface area contributed by atoms with Gasteiger partial charge in [0.2, 0.25) is 0 Å². The number of aryl methyl sites for hydroxylation is 1. The molecule has 88 valence electrons. The van der Waals surface area contributed by atoms with Crippen molar-refractivity contribution in [3.8, 4) is 0 Å². The first-order chi connectivity index (χ1) is 7.75. The number of benzene rings is 1. The zero-order chi connectivity index (χ0) is 11.4. The van der Waals surface area contributed by atoms with E-state index in [0.717, 1.165) is 25.7 Å². The summed E-state index contributed by atoms with van der Waals surface area (Å²) in [6.45, 7) is 2.13. The molecule has 1 aliphatic rings. The standard InChI is InChI=1S/C14H21NO/c1-11-7-10-14(16-11)13(15)9-8-12-5-3-2-4-6-12/h2-6,11,13-14H,7-10,15H2,1H3. The molecule has 0 bridgehead atoms. The van der Waals surface area contributed by atoms with Crippen molar-refractivity contribution in [2.24, 2.45) is 5.73 Å². The molecule has 1 aromatic carbocycles. The Labute approximate surface area is 97.8 Å². The first-order valence-corrected chi connectivity index (χ1v) is 6.20. The van der Waals surface area contributed by atoms with Gasteiger partial charge in [-0.1, -0.05) is 30.3 Å². The lowest BCUT2D eigenvalue weighted by atomic mass is 10.0. The van der Waals surface area contributed by atoms with Gasteiger partial charge in [-0.25, -0.2) is 0 Å². The Bertz CT molecular complexity index is 312. The summed E-state index contributed by atoms with van der Waals surface area (Å²) in [4.78, 5) is 0. The molecule has 1 fully saturated rings. The summed E-state index contributed by atoms with van der Waals surface area (Å²) < 4.78 is 5.79. The van der Waals surface area contributed by atoms with Gasteiger partial charge in [0, 0.05) is 6.04 Å².